The molecule has 190 valence electrons. The maximum Gasteiger partial charge on any atom is 0.407 e. The summed E-state index contributed by atoms with van der Waals surface area (Å²) >= 11 is 0. The number of ether oxygens (including phenoxy) is 1. The molecule has 8 nitrogen and oxygen atoms in total. The summed E-state index contributed by atoms with van der Waals surface area (Å²) in [7, 11) is 0. The highest BCUT2D eigenvalue weighted by Crippen LogP contribution is 2.33. The summed E-state index contributed by atoms with van der Waals surface area (Å²) in [5.74, 6) is 0.271. The molecule has 0 radical (unpaired) electrons. The Labute approximate surface area is 209 Å². The van der Waals surface area contributed by atoms with Gasteiger partial charge >= 0.3 is 6.09 Å². The van der Waals surface area contributed by atoms with E-state index in [1.807, 2.05) is 30.3 Å². The molecule has 2 amide bonds. The molecular formula is C27H31FN4O4. The van der Waals surface area contributed by atoms with Crippen LogP contribution in [0.5, 0.6) is 0 Å². The number of aromatic nitrogens is 2. The summed E-state index contributed by atoms with van der Waals surface area (Å²) in [5.41, 5.74) is 0.536. The summed E-state index contributed by atoms with van der Waals surface area (Å²) in [5, 5.41) is 6.84. The molecule has 9 heteroatoms. The molecule has 2 heterocycles. The Kier molecular flexibility index (Phi) is 7.67. The molecule has 2 aromatic carbocycles. The van der Waals surface area contributed by atoms with E-state index < -0.39 is 17.7 Å². The molecular weight excluding hydrogens is 463 g/mol. The minimum Gasteiger partial charge on any atom is -0.444 e. The van der Waals surface area contributed by atoms with Gasteiger partial charge in [0.05, 0.1) is 0 Å². The highest BCUT2D eigenvalue weighted by atomic mass is 19.1. The van der Waals surface area contributed by atoms with E-state index in [4.69, 9.17) is 9.26 Å². The fraction of sp³-hybridized carbons (Fsp3) is 0.407. The third-order valence-corrected chi connectivity index (χ3v) is 5.90. The van der Waals surface area contributed by atoms with Crippen molar-refractivity contribution in [1.82, 2.24) is 20.4 Å². The number of amides is 2. The monoisotopic (exact) mass is 494 g/mol. The van der Waals surface area contributed by atoms with Crippen molar-refractivity contribution in [1.29, 1.82) is 0 Å². The van der Waals surface area contributed by atoms with E-state index in [1.165, 1.54) is 6.07 Å². The van der Waals surface area contributed by atoms with Crippen LogP contribution < -0.4 is 5.32 Å². The van der Waals surface area contributed by atoms with Crippen molar-refractivity contribution >= 4 is 12.0 Å². The maximum atomic E-state index is 14.4. The summed E-state index contributed by atoms with van der Waals surface area (Å²) in [4.78, 5) is 32.1. The number of rotatable bonds is 7. The van der Waals surface area contributed by atoms with Crippen LogP contribution in [0, 0.1) is 5.82 Å². The van der Waals surface area contributed by atoms with Crippen LogP contribution in [0.3, 0.4) is 0 Å². The van der Waals surface area contributed by atoms with Gasteiger partial charge in [-0.2, -0.15) is 4.98 Å². The summed E-state index contributed by atoms with van der Waals surface area (Å²) in [6.07, 6.45) is 0.953. The number of hydrogen-bond donors (Lipinski definition) is 1. The van der Waals surface area contributed by atoms with E-state index >= 15 is 0 Å². The van der Waals surface area contributed by atoms with Crippen molar-refractivity contribution in [3.05, 3.63) is 71.9 Å². The topological polar surface area (TPSA) is 97.6 Å². The predicted molar refractivity (Wildman–Crippen MR) is 131 cm³/mol. The smallest absolute Gasteiger partial charge is 0.407 e. The average Bonchev–Trinajstić information content (AvgIpc) is 3.49. The fourth-order valence-electron chi connectivity index (χ4n) is 4.30. The third-order valence-electron chi connectivity index (χ3n) is 5.90. The van der Waals surface area contributed by atoms with Gasteiger partial charge in [-0.25, -0.2) is 9.18 Å². The first-order chi connectivity index (χ1) is 17.2. The van der Waals surface area contributed by atoms with E-state index in [2.05, 4.69) is 15.5 Å². The summed E-state index contributed by atoms with van der Waals surface area (Å²) in [6, 6.07) is 14.8. The molecule has 3 aromatic rings. The number of benzene rings is 2. The number of nitrogens with zero attached hydrogens (tertiary/aromatic N) is 3. The van der Waals surface area contributed by atoms with Gasteiger partial charge in [-0.05, 0) is 51.7 Å². The zero-order valence-corrected chi connectivity index (χ0v) is 20.7. The highest BCUT2D eigenvalue weighted by Gasteiger charge is 2.35. The van der Waals surface area contributed by atoms with Crippen molar-refractivity contribution < 1.29 is 23.2 Å². The second kappa shape index (κ2) is 10.9. The Bertz CT molecular complexity index is 1190. The average molecular weight is 495 g/mol. The van der Waals surface area contributed by atoms with Crippen molar-refractivity contribution in [2.24, 2.45) is 0 Å². The Morgan fingerprint density at radius 2 is 1.89 bits per heavy atom. The van der Waals surface area contributed by atoms with Crippen LogP contribution in [0.2, 0.25) is 0 Å². The molecule has 2 atom stereocenters. The Morgan fingerprint density at radius 3 is 2.61 bits per heavy atom. The lowest BCUT2D eigenvalue weighted by molar-refractivity contribution is -0.133. The van der Waals surface area contributed by atoms with Gasteiger partial charge in [0.2, 0.25) is 17.6 Å². The number of carbonyl (C=O) groups excluding carboxylic acids is 2. The molecule has 36 heavy (non-hydrogen) atoms. The Balaban J connectivity index is 1.49. The predicted octanol–water partition coefficient (Wildman–Crippen LogP) is 5.07. The Morgan fingerprint density at radius 1 is 1.17 bits per heavy atom. The number of likely N-dealkylation sites (tertiary alicyclic amines) is 1. The van der Waals surface area contributed by atoms with Crippen molar-refractivity contribution in [2.45, 2.75) is 64.1 Å². The first-order valence-corrected chi connectivity index (χ1v) is 12.1. The molecule has 1 fully saturated rings. The van der Waals surface area contributed by atoms with Gasteiger partial charge in [0.25, 0.3) is 0 Å². The van der Waals surface area contributed by atoms with Crippen LogP contribution in [0.4, 0.5) is 9.18 Å². The van der Waals surface area contributed by atoms with Crippen molar-refractivity contribution in [3.8, 4) is 11.4 Å². The number of carbonyl (C=O) groups is 2. The normalized spacial score (nSPS) is 16.6. The fourth-order valence-corrected chi connectivity index (χ4v) is 4.30. The lowest BCUT2D eigenvalue weighted by Gasteiger charge is -2.27. The minimum atomic E-state index is -0.703. The molecule has 1 aromatic heterocycles. The second-order valence-electron chi connectivity index (χ2n) is 9.91. The van der Waals surface area contributed by atoms with Gasteiger partial charge in [0, 0.05) is 24.6 Å². The van der Waals surface area contributed by atoms with Gasteiger partial charge in [0.1, 0.15) is 17.5 Å². The maximum absolute atomic E-state index is 14.4. The quantitative estimate of drug-likeness (QED) is 0.493. The lowest BCUT2D eigenvalue weighted by Crippen LogP contribution is -2.44. The molecule has 1 N–H and O–H groups in total. The molecule has 2 unspecified atom stereocenters. The van der Waals surface area contributed by atoms with E-state index in [9.17, 15) is 14.0 Å². The van der Waals surface area contributed by atoms with Crippen LogP contribution >= 0.6 is 0 Å². The van der Waals surface area contributed by atoms with Crippen LogP contribution in [0.1, 0.15) is 57.5 Å². The van der Waals surface area contributed by atoms with E-state index in [0.29, 0.717) is 30.2 Å². The Hall–Kier alpha value is -3.75. The van der Waals surface area contributed by atoms with Crippen LogP contribution in [0.15, 0.2) is 59.1 Å². The molecule has 1 saturated heterocycles. The number of alkyl carbamates (subject to hydrolysis) is 1. The van der Waals surface area contributed by atoms with Crippen LogP contribution in [-0.4, -0.2) is 45.2 Å². The first kappa shape index (κ1) is 25.3. The minimum absolute atomic E-state index is 0.0241. The van der Waals surface area contributed by atoms with Crippen molar-refractivity contribution in [2.75, 3.05) is 6.54 Å². The van der Waals surface area contributed by atoms with Gasteiger partial charge in [0.15, 0.2) is 0 Å². The van der Waals surface area contributed by atoms with E-state index in [1.54, 1.807) is 43.9 Å². The molecule has 1 aliphatic heterocycles. The van der Waals surface area contributed by atoms with Crippen LogP contribution in [0.25, 0.3) is 11.4 Å². The van der Waals surface area contributed by atoms with Crippen LogP contribution in [-0.2, 0) is 16.0 Å². The van der Waals surface area contributed by atoms with Crippen molar-refractivity contribution in [3.63, 3.8) is 0 Å². The molecule has 0 saturated carbocycles. The van der Waals surface area contributed by atoms with Gasteiger partial charge in [-0.15, -0.1) is 0 Å². The van der Waals surface area contributed by atoms with Gasteiger partial charge < -0.3 is 19.5 Å². The van der Waals surface area contributed by atoms with Gasteiger partial charge in [-0.1, -0.05) is 53.7 Å². The lowest BCUT2D eigenvalue weighted by atomic mass is 10.0. The summed E-state index contributed by atoms with van der Waals surface area (Å²) in [6.45, 7) is 5.80. The van der Waals surface area contributed by atoms with E-state index in [0.717, 1.165) is 12.0 Å². The molecule has 0 aliphatic carbocycles. The summed E-state index contributed by atoms with van der Waals surface area (Å²) < 4.78 is 25.3. The first-order valence-electron chi connectivity index (χ1n) is 12.1. The zero-order chi connectivity index (χ0) is 25.7. The highest BCUT2D eigenvalue weighted by molar-refractivity contribution is 5.78. The number of hydrogen-bond acceptors (Lipinski definition) is 6. The molecule has 0 bridgehead atoms. The third kappa shape index (κ3) is 6.47. The zero-order valence-electron chi connectivity index (χ0n) is 20.7. The number of halogens is 1. The number of nitrogens with one attached hydrogen (secondary N) is 1. The largest absolute Gasteiger partial charge is 0.444 e. The molecule has 0 spiro atoms. The second-order valence-corrected chi connectivity index (χ2v) is 9.91. The standard InChI is InChI=1S/C27H31FN4O4/c1-27(2,3)35-26(34)29-20(16-19-12-7-8-13-21(19)28)17-23(33)32-15-9-14-22(32)25-30-24(31-36-25)18-10-5-4-6-11-18/h4-8,10-13,20,22H,9,14-17H2,1-3H3,(H,29,34). The molecule has 1 aliphatic rings. The van der Waals surface area contributed by atoms with E-state index in [-0.39, 0.29) is 30.6 Å². The SMILES string of the molecule is CC(C)(C)OC(=O)NC(CC(=O)N1CCCC1c1nc(-c2ccccc2)no1)Cc1ccccc1F. The molecule has 4 rings (SSSR count). The van der Waals surface area contributed by atoms with Gasteiger partial charge in [-0.3, -0.25) is 4.79 Å².